The van der Waals surface area contributed by atoms with Gasteiger partial charge in [-0.15, -0.1) is 17.5 Å². The molecular formula is C14H20ClN5. The molecule has 1 heterocycles. The molecule has 3 rings (SSSR count). The molecule has 1 aromatic heterocycles. The van der Waals surface area contributed by atoms with Gasteiger partial charge in [0.15, 0.2) is 5.82 Å². The first-order valence-electron chi connectivity index (χ1n) is 6.89. The maximum absolute atomic E-state index is 4.30. The van der Waals surface area contributed by atoms with Crippen molar-refractivity contribution < 1.29 is 0 Å². The zero-order chi connectivity index (χ0) is 13.1. The molecule has 1 aromatic carbocycles. The Labute approximate surface area is 125 Å². The number of rotatable bonds is 3. The van der Waals surface area contributed by atoms with Crippen LogP contribution in [-0.4, -0.2) is 27.3 Å². The molecule has 0 radical (unpaired) electrons. The van der Waals surface area contributed by atoms with Gasteiger partial charge in [0.2, 0.25) is 0 Å². The maximum Gasteiger partial charge on any atom is 0.176 e. The van der Waals surface area contributed by atoms with E-state index in [1.807, 2.05) is 42.1 Å². The van der Waals surface area contributed by atoms with Gasteiger partial charge in [0.1, 0.15) is 0 Å². The Kier molecular flexibility index (Phi) is 4.73. The minimum atomic E-state index is -0.0857. The average Bonchev–Trinajstić information content (AvgIpc) is 2.99. The first-order valence-corrected chi connectivity index (χ1v) is 6.89. The molecule has 108 valence electrons. The predicted molar refractivity (Wildman–Crippen MR) is 80.2 cm³/mol. The number of benzene rings is 1. The van der Waals surface area contributed by atoms with Gasteiger partial charge < -0.3 is 5.32 Å². The lowest BCUT2D eigenvalue weighted by molar-refractivity contribution is 0.232. The van der Waals surface area contributed by atoms with Gasteiger partial charge >= 0.3 is 0 Å². The lowest BCUT2D eigenvalue weighted by atomic mass is 9.81. The van der Waals surface area contributed by atoms with Crippen LogP contribution >= 0.6 is 12.4 Å². The Morgan fingerprint density at radius 3 is 2.45 bits per heavy atom. The van der Waals surface area contributed by atoms with Gasteiger partial charge in [0.05, 0.1) is 11.2 Å². The maximum atomic E-state index is 4.30. The molecule has 1 saturated carbocycles. The van der Waals surface area contributed by atoms with Gasteiger partial charge in [-0.3, -0.25) is 0 Å². The second-order valence-corrected chi connectivity index (χ2v) is 5.14. The van der Waals surface area contributed by atoms with E-state index >= 15 is 0 Å². The summed E-state index contributed by atoms with van der Waals surface area (Å²) in [7, 11) is 2.01. The SMILES string of the molecule is CNC1(c2nnnn2-c2ccccc2)CCCCC1.Cl. The van der Waals surface area contributed by atoms with Crippen LogP contribution in [0.15, 0.2) is 30.3 Å². The summed E-state index contributed by atoms with van der Waals surface area (Å²) in [6, 6.07) is 10.1. The molecule has 0 bridgehead atoms. The molecule has 0 unspecified atom stereocenters. The second kappa shape index (κ2) is 6.33. The Bertz CT molecular complexity index is 534. The number of nitrogens with zero attached hydrogens (tertiary/aromatic N) is 4. The monoisotopic (exact) mass is 293 g/mol. The molecule has 1 aliphatic rings. The quantitative estimate of drug-likeness (QED) is 0.944. The lowest BCUT2D eigenvalue weighted by Crippen LogP contribution is -2.44. The molecule has 1 fully saturated rings. The Hall–Kier alpha value is -1.46. The van der Waals surface area contributed by atoms with E-state index in [9.17, 15) is 0 Å². The molecule has 2 aromatic rings. The predicted octanol–water partition coefficient (Wildman–Crippen LogP) is 2.46. The van der Waals surface area contributed by atoms with Crippen LogP contribution in [0.25, 0.3) is 5.69 Å². The number of hydrogen-bond acceptors (Lipinski definition) is 4. The normalized spacial score (nSPS) is 17.4. The minimum absolute atomic E-state index is 0. The molecule has 0 amide bonds. The number of halogens is 1. The molecule has 1 N–H and O–H groups in total. The summed E-state index contributed by atoms with van der Waals surface area (Å²) in [6.07, 6.45) is 5.94. The Morgan fingerprint density at radius 1 is 1.10 bits per heavy atom. The van der Waals surface area contributed by atoms with E-state index < -0.39 is 0 Å². The van der Waals surface area contributed by atoms with Crippen LogP contribution in [0.2, 0.25) is 0 Å². The second-order valence-electron chi connectivity index (χ2n) is 5.14. The van der Waals surface area contributed by atoms with Crippen LogP contribution in [0.5, 0.6) is 0 Å². The molecule has 6 heteroatoms. The highest BCUT2D eigenvalue weighted by molar-refractivity contribution is 5.85. The van der Waals surface area contributed by atoms with Crippen molar-refractivity contribution in [2.45, 2.75) is 37.6 Å². The number of hydrogen-bond donors (Lipinski definition) is 1. The van der Waals surface area contributed by atoms with E-state index in [2.05, 4.69) is 20.8 Å². The van der Waals surface area contributed by atoms with Gasteiger partial charge in [-0.2, -0.15) is 4.68 Å². The highest BCUT2D eigenvalue weighted by Gasteiger charge is 2.37. The summed E-state index contributed by atoms with van der Waals surface area (Å²) in [5, 5.41) is 15.8. The molecule has 0 spiro atoms. The van der Waals surface area contributed by atoms with Crippen LogP contribution in [0.3, 0.4) is 0 Å². The van der Waals surface area contributed by atoms with Crippen LogP contribution in [0.1, 0.15) is 37.9 Å². The number of nitrogens with one attached hydrogen (secondary N) is 1. The summed E-state index contributed by atoms with van der Waals surface area (Å²) >= 11 is 0. The first-order chi connectivity index (χ1) is 9.36. The highest BCUT2D eigenvalue weighted by Crippen LogP contribution is 2.36. The van der Waals surface area contributed by atoms with Gasteiger partial charge in [0.25, 0.3) is 0 Å². The summed E-state index contributed by atoms with van der Waals surface area (Å²) in [4.78, 5) is 0. The van der Waals surface area contributed by atoms with Crippen molar-refractivity contribution in [3.63, 3.8) is 0 Å². The molecule has 5 nitrogen and oxygen atoms in total. The highest BCUT2D eigenvalue weighted by atomic mass is 35.5. The number of aromatic nitrogens is 4. The molecule has 0 atom stereocenters. The van der Waals surface area contributed by atoms with Gasteiger partial charge in [-0.05, 0) is 42.4 Å². The van der Waals surface area contributed by atoms with E-state index in [1.54, 1.807) is 0 Å². The third kappa shape index (κ3) is 2.55. The summed E-state index contributed by atoms with van der Waals surface area (Å²) in [5.74, 6) is 0.931. The Balaban J connectivity index is 0.00000147. The van der Waals surface area contributed by atoms with E-state index in [4.69, 9.17) is 0 Å². The Morgan fingerprint density at radius 2 is 1.80 bits per heavy atom. The largest absolute Gasteiger partial charge is 0.308 e. The van der Waals surface area contributed by atoms with Crippen LogP contribution in [0.4, 0.5) is 0 Å². The fourth-order valence-electron chi connectivity index (χ4n) is 2.97. The fraction of sp³-hybridized carbons (Fsp3) is 0.500. The molecule has 0 saturated heterocycles. The van der Waals surface area contributed by atoms with Gasteiger partial charge in [0, 0.05) is 0 Å². The van der Waals surface area contributed by atoms with Crippen molar-refractivity contribution in [2.75, 3.05) is 7.05 Å². The van der Waals surface area contributed by atoms with E-state index in [-0.39, 0.29) is 17.9 Å². The van der Waals surface area contributed by atoms with Crippen molar-refractivity contribution in [2.24, 2.45) is 0 Å². The average molecular weight is 294 g/mol. The van der Waals surface area contributed by atoms with Crippen LogP contribution in [0, 0.1) is 0 Å². The van der Waals surface area contributed by atoms with E-state index in [1.165, 1.54) is 19.3 Å². The van der Waals surface area contributed by atoms with Gasteiger partial charge in [-0.25, -0.2) is 0 Å². The van der Waals surface area contributed by atoms with Crippen molar-refractivity contribution in [1.29, 1.82) is 0 Å². The summed E-state index contributed by atoms with van der Waals surface area (Å²) in [5.41, 5.74) is 0.931. The zero-order valence-electron chi connectivity index (χ0n) is 11.6. The van der Waals surface area contributed by atoms with Crippen molar-refractivity contribution >= 4 is 12.4 Å². The standard InChI is InChI=1S/C14H19N5.ClH/c1-15-14(10-6-3-7-11-14)13-16-17-18-19(13)12-8-4-2-5-9-12;/h2,4-5,8-9,15H,3,6-7,10-11H2,1H3;1H. The first kappa shape index (κ1) is 14.9. The zero-order valence-corrected chi connectivity index (χ0v) is 12.4. The smallest absolute Gasteiger partial charge is 0.176 e. The third-order valence-electron chi connectivity index (χ3n) is 4.08. The van der Waals surface area contributed by atoms with Crippen molar-refractivity contribution in [1.82, 2.24) is 25.5 Å². The van der Waals surface area contributed by atoms with Crippen molar-refractivity contribution in [3.05, 3.63) is 36.2 Å². The lowest BCUT2D eigenvalue weighted by Gasteiger charge is -2.35. The third-order valence-corrected chi connectivity index (χ3v) is 4.08. The van der Waals surface area contributed by atoms with Crippen LogP contribution < -0.4 is 5.32 Å². The molecule has 1 aliphatic carbocycles. The topological polar surface area (TPSA) is 55.6 Å². The van der Waals surface area contributed by atoms with E-state index in [0.717, 1.165) is 24.4 Å². The van der Waals surface area contributed by atoms with Crippen molar-refractivity contribution in [3.8, 4) is 5.69 Å². The number of tetrazole rings is 1. The molecule has 20 heavy (non-hydrogen) atoms. The minimum Gasteiger partial charge on any atom is -0.308 e. The van der Waals surface area contributed by atoms with Crippen LogP contribution in [-0.2, 0) is 5.54 Å². The number of para-hydroxylation sites is 1. The molecule has 0 aliphatic heterocycles. The molecular weight excluding hydrogens is 274 g/mol. The summed E-state index contributed by atoms with van der Waals surface area (Å²) < 4.78 is 1.86. The fourth-order valence-corrected chi connectivity index (χ4v) is 2.97. The summed E-state index contributed by atoms with van der Waals surface area (Å²) in [6.45, 7) is 0. The van der Waals surface area contributed by atoms with E-state index in [0.29, 0.717) is 0 Å². The van der Waals surface area contributed by atoms with Gasteiger partial charge in [-0.1, -0.05) is 37.5 Å².